The number of ether oxygens (including phenoxy) is 2. The summed E-state index contributed by atoms with van der Waals surface area (Å²) >= 11 is 0. The van der Waals surface area contributed by atoms with E-state index in [1.165, 1.54) is 0 Å². The van der Waals surface area contributed by atoms with Crippen LogP contribution in [0.25, 0.3) is 0 Å². The van der Waals surface area contributed by atoms with E-state index in [2.05, 4.69) is 5.32 Å². The van der Waals surface area contributed by atoms with Gasteiger partial charge in [0.05, 0.1) is 19.3 Å². The van der Waals surface area contributed by atoms with Gasteiger partial charge in [0.25, 0.3) is 5.91 Å². The Morgan fingerprint density at radius 1 is 1.24 bits per heavy atom. The summed E-state index contributed by atoms with van der Waals surface area (Å²) in [7, 11) is 1.66. The largest absolute Gasteiger partial charge is 0.382 e. The molecule has 6 nitrogen and oxygen atoms in total. The van der Waals surface area contributed by atoms with Gasteiger partial charge < -0.3 is 19.7 Å². The second-order valence-electron chi connectivity index (χ2n) is 6.58. The van der Waals surface area contributed by atoms with Crippen LogP contribution in [0, 0.1) is 5.92 Å². The highest BCUT2D eigenvalue weighted by atomic mass is 16.5. The standard InChI is InChI=1S/C19H28N2O4/c1-14(2)18(22)20-16-6-4-5-15(13-16)19(23)21-9-7-17(8-10-21)25-12-11-24-3/h4-6,13-14,17H,7-12H2,1-3H3,(H,20,22). The third-order valence-electron chi connectivity index (χ3n) is 4.27. The molecule has 0 aliphatic carbocycles. The molecule has 0 unspecified atom stereocenters. The van der Waals surface area contributed by atoms with Gasteiger partial charge in [-0.15, -0.1) is 0 Å². The van der Waals surface area contributed by atoms with Crippen molar-refractivity contribution in [2.24, 2.45) is 5.92 Å². The molecule has 6 heteroatoms. The molecule has 2 rings (SSSR count). The number of rotatable bonds is 7. The molecule has 1 N–H and O–H groups in total. The Kier molecular flexibility index (Phi) is 7.40. The summed E-state index contributed by atoms with van der Waals surface area (Å²) in [5.74, 6) is -0.161. The molecule has 0 spiro atoms. The number of carbonyl (C=O) groups is 2. The first-order valence-corrected chi connectivity index (χ1v) is 8.82. The molecular formula is C19H28N2O4. The van der Waals surface area contributed by atoms with Crippen LogP contribution in [-0.2, 0) is 14.3 Å². The summed E-state index contributed by atoms with van der Waals surface area (Å²) < 4.78 is 10.7. The summed E-state index contributed by atoms with van der Waals surface area (Å²) in [5.41, 5.74) is 1.25. The summed E-state index contributed by atoms with van der Waals surface area (Å²) in [6.07, 6.45) is 1.86. The highest BCUT2D eigenvalue weighted by Gasteiger charge is 2.24. The van der Waals surface area contributed by atoms with Crippen molar-refractivity contribution in [3.05, 3.63) is 29.8 Å². The van der Waals surface area contributed by atoms with E-state index in [4.69, 9.17) is 9.47 Å². The van der Waals surface area contributed by atoms with E-state index in [-0.39, 0.29) is 23.8 Å². The van der Waals surface area contributed by atoms with Crippen LogP contribution < -0.4 is 5.32 Å². The predicted octanol–water partition coefficient (Wildman–Crippen LogP) is 2.55. The number of nitrogens with one attached hydrogen (secondary N) is 1. The number of carbonyl (C=O) groups excluding carboxylic acids is 2. The minimum Gasteiger partial charge on any atom is -0.382 e. The van der Waals surface area contributed by atoms with E-state index >= 15 is 0 Å². The Morgan fingerprint density at radius 2 is 1.96 bits per heavy atom. The quantitative estimate of drug-likeness (QED) is 0.769. The molecule has 1 saturated heterocycles. The van der Waals surface area contributed by atoms with Crippen molar-refractivity contribution in [1.29, 1.82) is 0 Å². The zero-order chi connectivity index (χ0) is 18.2. The van der Waals surface area contributed by atoms with Crippen molar-refractivity contribution in [3.63, 3.8) is 0 Å². The molecule has 0 atom stereocenters. The highest BCUT2D eigenvalue weighted by molar-refractivity contribution is 5.97. The van der Waals surface area contributed by atoms with E-state index < -0.39 is 0 Å². The molecule has 1 aromatic rings. The van der Waals surface area contributed by atoms with Crippen LogP contribution in [0.3, 0.4) is 0 Å². The molecule has 0 radical (unpaired) electrons. The lowest BCUT2D eigenvalue weighted by molar-refractivity contribution is -0.118. The highest BCUT2D eigenvalue weighted by Crippen LogP contribution is 2.18. The van der Waals surface area contributed by atoms with E-state index in [0.29, 0.717) is 37.6 Å². The van der Waals surface area contributed by atoms with Crippen molar-refractivity contribution >= 4 is 17.5 Å². The molecule has 1 aliphatic heterocycles. The van der Waals surface area contributed by atoms with Gasteiger partial charge in [-0.3, -0.25) is 9.59 Å². The maximum atomic E-state index is 12.7. The van der Waals surface area contributed by atoms with Crippen molar-refractivity contribution in [1.82, 2.24) is 4.90 Å². The van der Waals surface area contributed by atoms with Gasteiger partial charge >= 0.3 is 0 Å². The normalized spacial score (nSPS) is 15.4. The van der Waals surface area contributed by atoms with Crippen LogP contribution >= 0.6 is 0 Å². The van der Waals surface area contributed by atoms with Crippen LogP contribution in [0.15, 0.2) is 24.3 Å². The van der Waals surface area contributed by atoms with Crippen LogP contribution in [0.1, 0.15) is 37.0 Å². The fourth-order valence-electron chi connectivity index (χ4n) is 2.72. The van der Waals surface area contributed by atoms with Crippen molar-refractivity contribution in [2.75, 3.05) is 38.7 Å². The lowest BCUT2D eigenvalue weighted by Gasteiger charge is -2.32. The van der Waals surface area contributed by atoms with Gasteiger partial charge in [0.15, 0.2) is 0 Å². The van der Waals surface area contributed by atoms with Gasteiger partial charge in [0.1, 0.15) is 0 Å². The van der Waals surface area contributed by atoms with Gasteiger partial charge in [0, 0.05) is 37.4 Å². The van der Waals surface area contributed by atoms with Gasteiger partial charge in [-0.05, 0) is 31.0 Å². The fraction of sp³-hybridized carbons (Fsp3) is 0.579. The Bertz CT molecular complexity index is 581. The number of nitrogens with zero attached hydrogens (tertiary/aromatic N) is 1. The molecule has 1 heterocycles. The Balaban J connectivity index is 1.90. The number of likely N-dealkylation sites (tertiary alicyclic amines) is 1. The second-order valence-corrected chi connectivity index (χ2v) is 6.58. The zero-order valence-electron chi connectivity index (χ0n) is 15.3. The second kappa shape index (κ2) is 9.53. The van der Waals surface area contributed by atoms with Gasteiger partial charge in [-0.25, -0.2) is 0 Å². The molecule has 0 aromatic heterocycles. The predicted molar refractivity (Wildman–Crippen MR) is 96.7 cm³/mol. The van der Waals surface area contributed by atoms with Gasteiger partial charge in [0.2, 0.25) is 5.91 Å². The van der Waals surface area contributed by atoms with Crippen LogP contribution in [0.2, 0.25) is 0 Å². The molecule has 138 valence electrons. The SMILES string of the molecule is COCCOC1CCN(C(=O)c2cccc(NC(=O)C(C)C)c2)CC1. The molecule has 1 fully saturated rings. The average Bonchev–Trinajstić information content (AvgIpc) is 2.62. The van der Waals surface area contributed by atoms with E-state index in [1.54, 1.807) is 31.4 Å². The smallest absolute Gasteiger partial charge is 0.253 e. The molecule has 0 bridgehead atoms. The maximum absolute atomic E-state index is 12.7. The summed E-state index contributed by atoms with van der Waals surface area (Å²) in [5, 5.41) is 2.83. The number of benzene rings is 1. The molecule has 1 aromatic carbocycles. The molecular weight excluding hydrogens is 320 g/mol. The lowest BCUT2D eigenvalue weighted by atomic mass is 10.1. The first-order valence-electron chi connectivity index (χ1n) is 8.82. The zero-order valence-corrected chi connectivity index (χ0v) is 15.3. The fourth-order valence-corrected chi connectivity index (χ4v) is 2.72. The van der Waals surface area contributed by atoms with Gasteiger partial charge in [-0.1, -0.05) is 19.9 Å². The van der Waals surface area contributed by atoms with Crippen molar-refractivity contribution in [2.45, 2.75) is 32.8 Å². The first-order chi connectivity index (χ1) is 12.0. The summed E-state index contributed by atoms with van der Waals surface area (Å²) in [6, 6.07) is 7.12. The molecule has 1 aliphatic rings. The first kappa shape index (κ1) is 19.4. The maximum Gasteiger partial charge on any atom is 0.253 e. The number of piperidine rings is 1. The number of hydrogen-bond donors (Lipinski definition) is 1. The number of methoxy groups -OCH3 is 1. The summed E-state index contributed by atoms with van der Waals surface area (Å²) in [6.45, 7) is 6.21. The van der Waals surface area contributed by atoms with E-state index in [1.807, 2.05) is 18.7 Å². The third-order valence-corrected chi connectivity index (χ3v) is 4.27. The minimum atomic E-state index is -0.100. The Hall–Kier alpha value is -1.92. The average molecular weight is 348 g/mol. The van der Waals surface area contributed by atoms with Crippen LogP contribution in [0.5, 0.6) is 0 Å². The lowest BCUT2D eigenvalue weighted by Crippen LogP contribution is -2.41. The summed E-state index contributed by atoms with van der Waals surface area (Å²) in [4.78, 5) is 26.3. The van der Waals surface area contributed by atoms with E-state index in [9.17, 15) is 9.59 Å². The Labute approximate surface area is 149 Å². The van der Waals surface area contributed by atoms with Crippen molar-refractivity contribution < 1.29 is 19.1 Å². The monoisotopic (exact) mass is 348 g/mol. The number of anilines is 1. The van der Waals surface area contributed by atoms with Crippen molar-refractivity contribution in [3.8, 4) is 0 Å². The third kappa shape index (κ3) is 5.83. The topological polar surface area (TPSA) is 67.9 Å². The number of hydrogen-bond acceptors (Lipinski definition) is 4. The molecule has 25 heavy (non-hydrogen) atoms. The molecule has 0 saturated carbocycles. The van der Waals surface area contributed by atoms with Crippen LogP contribution in [0.4, 0.5) is 5.69 Å². The van der Waals surface area contributed by atoms with Gasteiger partial charge in [-0.2, -0.15) is 0 Å². The molecule has 2 amide bonds. The number of amides is 2. The van der Waals surface area contributed by atoms with E-state index in [0.717, 1.165) is 12.8 Å². The Morgan fingerprint density at radius 3 is 2.60 bits per heavy atom. The van der Waals surface area contributed by atoms with Crippen LogP contribution in [-0.4, -0.2) is 56.2 Å². The minimum absolute atomic E-state index is 0.00372.